The standard InChI is InChI=1S/C23H20N4O3S2/c24-11-15-4-7-19(25-12-15)18-10-17-6-5-16(18)13-27(17)22(28)8-9-32(29,30)21-3-1-2-20-23(21)31-14-26-20/h1-4,7,10,12,14,16-17H,5-6,8-9,13H2. The van der Waals surface area contributed by atoms with Crippen molar-refractivity contribution in [1.82, 2.24) is 14.9 Å². The van der Waals surface area contributed by atoms with E-state index >= 15 is 0 Å². The maximum Gasteiger partial charge on any atom is 0.224 e. The van der Waals surface area contributed by atoms with Gasteiger partial charge >= 0.3 is 0 Å². The topological polar surface area (TPSA) is 104 Å². The highest BCUT2D eigenvalue weighted by molar-refractivity contribution is 7.91. The van der Waals surface area contributed by atoms with E-state index < -0.39 is 9.84 Å². The lowest BCUT2D eigenvalue weighted by molar-refractivity contribution is -0.134. The molecule has 0 radical (unpaired) electrons. The Morgan fingerprint density at radius 1 is 1.22 bits per heavy atom. The quantitative estimate of drug-likeness (QED) is 0.573. The number of rotatable bonds is 5. The molecule has 3 aliphatic rings. The molecule has 2 aliphatic heterocycles. The molecule has 9 heteroatoms. The van der Waals surface area contributed by atoms with Gasteiger partial charge in [-0.1, -0.05) is 12.1 Å². The Balaban J connectivity index is 1.30. The minimum absolute atomic E-state index is 0.0426. The fraction of sp³-hybridized carbons (Fsp3) is 0.304. The molecule has 1 aromatic carbocycles. The summed E-state index contributed by atoms with van der Waals surface area (Å²) >= 11 is 1.30. The van der Waals surface area contributed by atoms with Gasteiger partial charge in [0.25, 0.3) is 0 Å². The van der Waals surface area contributed by atoms with Crippen LogP contribution in [0.5, 0.6) is 0 Å². The summed E-state index contributed by atoms with van der Waals surface area (Å²) in [6.45, 7) is 0.571. The molecule has 2 atom stereocenters. The zero-order chi connectivity index (χ0) is 22.3. The molecular formula is C23H20N4O3S2. The third-order valence-electron chi connectivity index (χ3n) is 6.19. The number of carbonyl (C=O) groups excluding carboxylic acids is 1. The Bertz CT molecular complexity index is 1370. The highest BCUT2D eigenvalue weighted by atomic mass is 32.2. The number of amides is 1. The van der Waals surface area contributed by atoms with E-state index in [2.05, 4.69) is 22.1 Å². The Morgan fingerprint density at radius 3 is 2.81 bits per heavy atom. The molecule has 2 bridgehead atoms. The van der Waals surface area contributed by atoms with Crippen molar-refractivity contribution in [2.24, 2.45) is 5.92 Å². The van der Waals surface area contributed by atoms with Crippen molar-refractivity contribution >= 4 is 42.9 Å². The second-order valence-corrected chi connectivity index (χ2v) is 11.0. The molecule has 4 heterocycles. The van der Waals surface area contributed by atoms with Gasteiger partial charge in [0.05, 0.1) is 43.7 Å². The molecule has 0 saturated carbocycles. The summed E-state index contributed by atoms with van der Waals surface area (Å²) in [5, 5.41) is 8.97. The number of carbonyl (C=O) groups is 1. The SMILES string of the molecule is N#Cc1ccc(C2=CC3CCC2CN3C(=O)CCS(=O)(=O)c2cccc3ncsc23)nc1. The van der Waals surface area contributed by atoms with Crippen molar-refractivity contribution in [3.63, 3.8) is 0 Å². The minimum Gasteiger partial charge on any atom is -0.336 e. The molecule has 1 fully saturated rings. The number of nitriles is 1. The van der Waals surface area contributed by atoms with Gasteiger partial charge in [0, 0.05) is 25.1 Å². The first-order chi connectivity index (χ1) is 15.5. The summed E-state index contributed by atoms with van der Waals surface area (Å²) in [5.41, 5.74) is 4.75. The van der Waals surface area contributed by atoms with Crippen molar-refractivity contribution in [2.45, 2.75) is 30.2 Å². The Labute approximate surface area is 190 Å². The summed E-state index contributed by atoms with van der Waals surface area (Å²) in [4.78, 5) is 23.6. The normalized spacial score (nSPS) is 20.2. The molecule has 0 spiro atoms. The van der Waals surface area contributed by atoms with Crippen molar-refractivity contribution in [1.29, 1.82) is 5.26 Å². The summed E-state index contributed by atoms with van der Waals surface area (Å²) in [6, 6.07) is 10.7. The van der Waals surface area contributed by atoms with Crippen LogP contribution in [-0.2, 0) is 14.6 Å². The maximum atomic E-state index is 13.0. The van der Waals surface area contributed by atoms with Gasteiger partial charge in [0.2, 0.25) is 5.91 Å². The van der Waals surface area contributed by atoms with Crippen LogP contribution in [0.25, 0.3) is 15.8 Å². The summed E-state index contributed by atoms with van der Waals surface area (Å²) in [5.74, 6) is -0.181. The lowest BCUT2D eigenvalue weighted by Gasteiger charge is -2.44. The predicted molar refractivity (Wildman–Crippen MR) is 121 cm³/mol. The Morgan fingerprint density at radius 2 is 2.09 bits per heavy atom. The molecule has 1 aliphatic carbocycles. The average Bonchev–Trinajstić information content (AvgIpc) is 3.32. The number of aromatic nitrogens is 2. The Hall–Kier alpha value is -3.09. The number of hydrogen-bond donors (Lipinski definition) is 0. The molecule has 162 valence electrons. The predicted octanol–water partition coefficient (Wildman–Crippen LogP) is 3.43. The molecule has 32 heavy (non-hydrogen) atoms. The zero-order valence-corrected chi connectivity index (χ0v) is 18.8. The van der Waals surface area contributed by atoms with Crippen LogP contribution in [-0.4, -0.2) is 47.5 Å². The van der Waals surface area contributed by atoms with Gasteiger partial charge in [-0.05, 0) is 42.7 Å². The number of hydrogen-bond acceptors (Lipinski definition) is 7. The fourth-order valence-electron chi connectivity index (χ4n) is 4.55. The monoisotopic (exact) mass is 464 g/mol. The largest absolute Gasteiger partial charge is 0.336 e. The van der Waals surface area contributed by atoms with Gasteiger partial charge in [-0.25, -0.2) is 13.4 Å². The molecule has 2 unspecified atom stereocenters. The molecule has 1 saturated heterocycles. The van der Waals surface area contributed by atoms with Crippen LogP contribution in [0.2, 0.25) is 0 Å². The number of nitrogens with zero attached hydrogens (tertiary/aromatic N) is 4. The minimum atomic E-state index is -3.59. The van der Waals surface area contributed by atoms with E-state index in [-0.39, 0.29) is 34.9 Å². The third-order valence-corrected chi connectivity index (χ3v) is 8.95. The van der Waals surface area contributed by atoms with E-state index in [4.69, 9.17) is 5.26 Å². The van der Waals surface area contributed by atoms with Crippen LogP contribution in [0.1, 0.15) is 30.5 Å². The van der Waals surface area contributed by atoms with E-state index in [0.29, 0.717) is 22.3 Å². The van der Waals surface area contributed by atoms with Gasteiger partial charge in [-0.2, -0.15) is 5.26 Å². The average molecular weight is 465 g/mol. The molecular weight excluding hydrogens is 444 g/mol. The van der Waals surface area contributed by atoms with Crippen LogP contribution in [0.4, 0.5) is 0 Å². The van der Waals surface area contributed by atoms with Gasteiger partial charge in [-0.3, -0.25) is 9.78 Å². The third kappa shape index (κ3) is 3.70. The van der Waals surface area contributed by atoms with Crippen molar-refractivity contribution in [3.8, 4) is 6.07 Å². The van der Waals surface area contributed by atoms with E-state index in [9.17, 15) is 13.2 Å². The van der Waals surface area contributed by atoms with Gasteiger partial charge in [0.15, 0.2) is 9.84 Å². The van der Waals surface area contributed by atoms with Crippen molar-refractivity contribution < 1.29 is 13.2 Å². The van der Waals surface area contributed by atoms with Crippen LogP contribution in [0.15, 0.2) is 53.0 Å². The van der Waals surface area contributed by atoms with Crippen molar-refractivity contribution in [2.75, 3.05) is 12.3 Å². The first kappa shape index (κ1) is 20.8. The van der Waals surface area contributed by atoms with Gasteiger partial charge < -0.3 is 4.90 Å². The zero-order valence-electron chi connectivity index (χ0n) is 17.1. The second-order valence-electron chi connectivity index (χ2n) is 8.08. The number of piperidine rings is 1. The molecule has 3 aromatic rings. The molecule has 1 amide bonds. The highest BCUT2D eigenvalue weighted by Crippen LogP contribution is 2.39. The number of pyridine rings is 1. The fourth-order valence-corrected chi connectivity index (χ4v) is 7.11. The van der Waals surface area contributed by atoms with E-state index in [1.807, 2.05) is 11.0 Å². The molecule has 7 nitrogen and oxygen atoms in total. The first-order valence-corrected chi connectivity index (χ1v) is 12.9. The summed E-state index contributed by atoms with van der Waals surface area (Å²) in [7, 11) is -3.59. The first-order valence-electron chi connectivity index (χ1n) is 10.4. The smallest absolute Gasteiger partial charge is 0.224 e. The number of benzene rings is 1. The molecule has 2 aromatic heterocycles. The molecule has 6 rings (SSSR count). The van der Waals surface area contributed by atoms with Crippen LogP contribution < -0.4 is 0 Å². The van der Waals surface area contributed by atoms with E-state index in [1.54, 1.807) is 36.0 Å². The summed E-state index contributed by atoms with van der Waals surface area (Å²) in [6.07, 6.45) is 5.43. The Kier molecular flexibility index (Phi) is 5.27. The lowest BCUT2D eigenvalue weighted by atomic mass is 9.78. The van der Waals surface area contributed by atoms with Gasteiger partial charge in [-0.15, -0.1) is 11.3 Å². The number of fused-ring (bicyclic) bond motifs is 3. The van der Waals surface area contributed by atoms with Crippen molar-refractivity contribution in [3.05, 3.63) is 59.4 Å². The second kappa shape index (κ2) is 8.11. The van der Waals surface area contributed by atoms with Crippen LogP contribution in [0, 0.1) is 17.2 Å². The van der Waals surface area contributed by atoms with E-state index in [1.165, 1.54) is 11.3 Å². The van der Waals surface area contributed by atoms with Gasteiger partial charge in [0.1, 0.15) is 6.07 Å². The highest BCUT2D eigenvalue weighted by Gasteiger charge is 2.38. The van der Waals surface area contributed by atoms with Crippen LogP contribution >= 0.6 is 11.3 Å². The lowest BCUT2D eigenvalue weighted by Crippen LogP contribution is -2.49. The number of thiazole rings is 1. The number of sulfone groups is 1. The van der Waals surface area contributed by atoms with E-state index in [0.717, 1.165) is 24.1 Å². The van der Waals surface area contributed by atoms with Crippen LogP contribution in [0.3, 0.4) is 0 Å². The summed E-state index contributed by atoms with van der Waals surface area (Å²) < 4.78 is 26.5. The molecule has 0 N–H and O–H groups in total. The maximum absolute atomic E-state index is 13.0.